The highest BCUT2D eigenvalue weighted by Crippen LogP contribution is 2.24. The van der Waals surface area contributed by atoms with Crippen molar-refractivity contribution in [2.24, 2.45) is 5.14 Å². The van der Waals surface area contributed by atoms with Crippen molar-refractivity contribution >= 4 is 37.4 Å². The second kappa shape index (κ2) is 8.72. The average Bonchev–Trinajstić information content (AvgIpc) is 2.66. The molecule has 9 nitrogen and oxygen atoms in total. The van der Waals surface area contributed by atoms with Crippen LogP contribution in [-0.2, 0) is 20.0 Å². The smallest absolute Gasteiger partial charge is 0.324 e. The summed E-state index contributed by atoms with van der Waals surface area (Å²) in [6, 6.07) is 12.8. The van der Waals surface area contributed by atoms with Crippen LogP contribution in [0.25, 0.3) is 11.3 Å². The van der Waals surface area contributed by atoms with Crippen molar-refractivity contribution in [2.45, 2.75) is 11.1 Å². The summed E-state index contributed by atoms with van der Waals surface area (Å²) < 4.78 is 84.6. The van der Waals surface area contributed by atoms with Crippen molar-refractivity contribution in [2.75, 3.05) is 15.8 Å². The Morgan fingerprint density at radius 2 is 1.47 bits per heavy atom. The molecule has 0 aliphatic carbocycles. The normalized spacial score (nSPS) is 12.4. The van der Waals surface area contributed by atoms with Crippen LogP contribution in [0, 0.1) is 0 Å². The molecular formula is C18H16F3N5O4S2. The van der Waals surface area contributed by atoms with Gasteiger partial charge in [0.15, 0.2) is 5.75 Å². The largest absolute Gasteiger partial charge is 0.404 e. The summed E-state index contributed by atoms with van der Waals surface area (Å²) in [5, 5.41) is 7.96. The Labute approximate surface area is 181 Å². The minimum Gasteiger partial charge on any atom is -0.324 e. The van der Waals surface area contributed by atoms with Gasteiger partial charge in [0.1, 0.15) is 0 Å². The number of nitrogens with two attached hydrogens (primary N) is 1. The van der Waals surface area contributed by atoms with Gasteiger partial charge < -0.3 is 5.32 Å². The van der Waals surface area contributed by atoms with Crippen LogP contribution in [0.4, 0.5) is 30.5 Å². The number of rotatable bonds is 7. The molecule has 0 amide bonds. The number of aromatic nitrogens is 2. The monoisotopic (exact) mass is 487 g/mol. The molecule has 170 valence electrons. The van der Waals surface area contributed by atoms with Crippen LogP contribution in [0.2, 0.25) is 0 Å². The molecule has 0 bridgehead atoms. The van der Waals surface area contributed by atoms with Crippen LogP contribution in [0.1, 0.15) is 0 Å². The van der Waals surface area contributed by atoms with Crippen LogP contribution in [0.5, 0.6) is 0 Å². The van der Waals surface area contributed by atoms with Crippen LogP contribution in [0.15, 0.2) is 65.7 Å². The van der Waals surface area contributed by atoms with Gasteiger partial charge in [-0.2, -0.15) is 13.2 Å². The third-order valence-electron chi connectivity index (χ3n) is 3.90. The molecule has 14 heteroatoms. The first-order valence-corrected chi connectivity index (χ1v) is 11.9. The number of benzene rings is 2. The minimum absolute atomic E-state index is 0.0275. The number of hydrogen-bond acceptors (Lipinski definition) is 7. The first-order valence-electron chi connectivity index (χ1n) is 8.71. The first-order chi connectivity index (χ1) is 14.8. The number of anilines is 3. The van der Waals surface area contributed by atoms with E-state index in [9.17, 15) is 30.0 Å². The Kier molecular flexibility index (Phi) is 6.39. The minimum atomic E-state index is -4.85. The van der Waals surface area contributed by atoms with Gasteiger partial charge in [-0.25, -0.2) is 31.9 Å². The van der Waals surface area contributed by atoms with Gasteiger partial charge in [0.2, 0.25) is 26.0 Å². The number of alkyl halides is 3. The van der Waals surface area contributed by atoms with Crippen molar-refractivity contribution in [3.8, 4) is 11.3 Å². The number of hydrogen-bond donors (Lipinski definition) is 3. The van der Waals surface area contributed by atoms with E-state index in [4.69, 9.17) is 5.14 Å². The van der Waals surface area contributed by atoms with Gasteiger partial charge in [-0.3, -0.25) is 4.72 Å². The number of halogens is 3. The van der Waals surface area contributed by atoms with E-state index < -0.39 is 32.0 Å². The van der Waals surface area contributed by atoms with E-state index in [0.29, 0.717) is 16.9 Å². The predicted molar refractivity (Wildman–Crippen MR) is 112 cm³/mol. The second-order valence-corrected chi connectivity index (χ2v) is 9.80. The fourth-order valence-corrected chi connectivity index (χ4v) is 4.09. The summed E-state index contributed by atoms with van der Waals surface area (Å²) in [6.45, 7) is 0. The Hall–Kier alpha value is -3.23. The van der Waals surface area contributed by atoms with Crippen molar-refractivity contribution < 1.29 is 30.0 Å². The molecule has 0 unspecified atom stereocenters. The molecule has 0 saturated carbocycles. The van der Waals surface area contributed by atoms with Gasteiger partial charge in [-0.05, 0) is 42.5 Å². The molecule has 0 spiro atoms. The molecule has 4 N–H and O–H groups in total. The van der Waals surface area contributed by atoms with Crippen LogP contribution in [-0.4, -0.2) is 38.7 Å². The van der Waals surface area contributed by atoms with Gasteiger partial charge >= 0.3 is 6.18 Å². The van der Waals surface area contributed by atoms with E-state index in [1.54, 1.807) is 6.07 Å². The molecule has 32 heavy (non-hydrogen) atoms. The molecule has 0 saturated heterocycles. The van der Waals surface area contributed by atoms with E-state index in [0.717, 1.165) is 0 Å². The molecule has 0 atom stereocenters. The standard InChI is InChI=1S/C18H16F3N5O4S2/c19-18(20,21)11-31(27,28)26-14-3-1-12(2-4-14)16-9-10-23-17(25-16)24-13-5-7-15(8-6-13)32(22,29)30/h1-10,26H,11H2,(H2,22,29,30)(H,23,24,25). The van der Waals surface area contributed by atoms with E-state index >= 15 is 0 Å². The quantitative estimate of drug-likeness (QED) is 0.465. The molecule has 3 rings (SSSR count). The lowest BCUT2D eigenvalue weighted by Crippen LogP contribution is -2.27. The molecular weight excluding hydrogens is 471 g/mol. The summed E-state index contributed by atoms with van der Waals surface area (Å²) in [7, 11) is -8.40. The maximum atomic E-state index is 12.3. The summed E-state index contributed by atoms with van der Waals surface area (Å²) in [5.74, 6) is -1.79. The molecule has 2 aromatic carbocycles. The number of sulfonamides is 2. The van der Waals surface area contributed by atoms with Crippen LogP contribution in [0.3, 0.4) is 0 Å². The van der Waals surface area contributed by atoms with Crippen molar-refractivity contribution in [1.29, 1.82) is 0 Å². The third-order valence-corrected chi connectivity index (χ3v) is 6.09. The number of nitrogens with one attached hydrogen (secondary N) is 2. The van der Waals surface area contributed by atoms with Crippen molar-refractivity contribution in [1.82, 2.24) is 9.97 Å². The summed E-state index contributed by atoms with van der Waals surface area (Å²) in [6.07, 6.45) is -3.39. The lowest BCUT2D eigenvalue weighted by atomic mass is 10.1. The van der Waals surface area contributed by atoms with Crippen LogP contribution >= 0.6 is 0 Å². The third kappa shape index (κ3) is 6.63. The van der Waals surface area contributed by atoms with Gasteiger partial charge in [-0.1, -0.05) is 12.1 Å². The zero-order valence-electron chi connectivity index (χ0n) is 16.0. The van der Waals surface area contributed by atoms with Crippen molar-refractivity contribution in [3.05, 3.63) is 60.8 Å². The first kappa shape index (κ1) is 23.4. The summed E-state index contributed by atoms with van der Waals surface area (Å²) >= 11 is 0. The van der Waals surface area contributed by atoms with Gasteiger partial charge in [0.25, 0.3) is 0 Å². The van der Waals surface area contributed by atoms with Gasteiger partial charge in [-0.15, -0.1) is 0 Å². The van der Waals surface area contributed by atoms with Gasteiger partial charge in [0, 0.05) is 23.1 Å². The molecule has 0 radical (unpaired) electrons. The highest BCUT2D eigenvalue weighted by molar-refractivity contribution is 7.92. The highest BCUT2D eigenvalue weighted by atomic mass is 32.2. The van der Waals surface area contributed by atoms with Crippen LogP contribution < -0.4 is 15.2 Å². The van der Waals surface area contributed by atoms with Crippen molar-refractivity contribution in [3.63, 3.8) is 0 Å². The Balaban J connectivity index is 1.74. The Bertz CT molecular complexity index is 1310. The van der Waals surface area contributed by atoms with E-state index in [2.05, 4.69) is 15.3 Å². The lowest BCUT2D eigenvalue weighted by molar-refractivity contribution is -0.106. The number of primary sulfonamides is 1. The molecule has 0 aliphatic rings. The zero-order chi connectivity index (χ0) is 23.6. The fraction of sp³-hybridized carbons (Fsp3) is 0.111. The highest BCUT2D eigenvalue weighted by Gasteiger charge is 2.35. The molecule has 0 fully saturated rings. The molecule has 1 heterocycles. The maximum Gasteiger partial charge on any atom is 0.404 e. The Morgan fingerprint density at radius 1 is 0.875 bits per heavy atom. The van der Waals surface area contributed by atoms with E-state index in [1.807, 2.05) is 4.72 Å². The lowest BCUT2D eigenvalue weighted by Gasteiger charge is -2.11. The zero-order valence-corrected chi connectivity index (χ0v) is 17.7. The Morgan fingerprint density at radius 3 is 2.03 bits per heavy atom. The predicted octanol–water partition coefficient (Wildman–Crippen LogP) is 2.84. The second-order valence-electron chi connectivity index (χ2n) is 6.51. The fourth-order valence-electron chi connectivity index (χ4n) is 2.58. The number of nitrogens with zero attached hydrogens (tertiary/aromatic N) is 2. The maximum absolute atomic E-state index is 12.3. The van der Waals surface area contributed by atoms with E-state index in [1.165, 1.54) is 54.7 Å². The molecule has 1 aromatic heterocycles. The topological polar surface area (TPSA) is 144 Å². The SMILES string of the molecule is NS(=O)(=O)c1ccc(Nc2nccc(-c3ccc(NS(=O)(=O)CC(F)(F)F)cc3)n2)cc1. The van der Waals surface area contributed by atoms with E-state index in [-0.39, 0.29) is 16.5 Å². The summed E-state index contributed by atoms with van der Waals surface area (Å²) in [5.41, 5.74) is 1.48. The van der Waals surface area contributed by atoms with Gasteiger partial charge in [0.05, 0.1) is 10.6 Å². The molecule has 0 aliphatic heterocycles. The summed E-state index contributed by atoms with van der Waals surface area (Å²) in [4.78, 5) is 8.33. The average molecular weight is 487 g/mol. The molecule has 3 aromatic rings.